The smallest absolute Gasteiger partial charge is 0.352 e. The van der Waals surface area contributed by atoms with Crippen molar-refractivity contribution in [3.8, 4) is 0 Å². The van der Waals surface area contributed by atoms with Crippen molar-refractivity contribution >= 4 is 44.5 Å². The van der Waals surface area contributed by atoms with Gasteiger partial charge >= 0.3 is 5.97 Å². The first-order chi connectivity index (χ1) is 6.58. The maximum atomic E-state index is 10.7. The maximum Gasteiger partial charge on any atom is 0.352 e. The van der Waals surface area contributed by atoms with Crippen LogP contribution in [0.1, 0.15) is 10.5 Å². The molecule has 14 heavy (non-hydrogen) atoms. The summed E-state index contributed by atoms with van der Waals surface area (Å²) in [5.74, 6) is -1.03. The van der Waals surface area contributed by atoms with Crippen molar-refractivity contribution in [1.29, 1.82) is 0 Å². The monoisotopic (exact) mass is 274 g/mol. The summed E-state index contributed by atoms with van der Waals surface area (Å²) in [4.78, 5) is 17.4. The van der Waals surface area contributed by atoms with E-state index in [0.717, 1.165) is 0 Å². The third-order valence-corrected chi connectivity index (χ3v) is 2.47. The molecule has 0 bridgehead atoms. The van der Waals surface area contributed by atoms with E-state index >= 15 is 0 Å². The molecule has 0 saturated heterocycles. The fraction of sp³-hybridized carbons (Fsp3) is 0. The van der Waals surface area contributed by atoms with Crippen molar-refractivity contribution in [3.63, 3.8) is 0 Å². The van der Waals surface area contributed by atoms with Crippen LogP contribution in [0.2, 0.25) is 5.02 Å². The van der Waals surface area contributed by atoms with Crippen LogP contribution in [0.4, 0.5) is 0 Å². The first kappa shape index (κ1) is 9.48. The summed E-state index contributed by atoms with van der Waals surface area (Å²) in [7, 11) is 0. The second-order valence-corrected chi connectivity index (χ2v) is 3.90. The van der Waals surface area contributed by atoms with E-state index in [2.05, 4.69) is 25.9 Å². The van der Waals surface area contributed by atoms with Crippen LogP contribution in [-0.2, 0) is 0 Å². The highest BCUT2D eigenvalue weighted by molar-refractivity contribution is 9.10. The summed E-state index contributed by atoms with van der Waals surface area (Å²) in [6.07, 6.45) is 0. The maximum absolute atomic E-state index is 10.7. The minimum Gasteiger partial charge on any atom is -0.477 e. The molecule has 0 amide bonds. The van der Waals surface area contributed by atoms with Gasteiger partial charge in [0.1, 0.15) is 15.9 Å². The number of aromatic nitrogens is 2. The zero-order valence-electron chi connectivity index (χ0n) is 6.71. The van der Waals surface area contributed by atoms with E-state index in [1.165, 1.54) is 6.07 Å². The van der Waals surface area contributed by atoms with Gasteiger partial charge in [0.2, 0.25) is 0 Å². The number of H-pyrrole nitrogens is 1. The van der Waals surface area contributed by atoms with Gasteiger partial charge in [0.25, 0.3) is 0 Å². The molecule has 2 N–H and O–H groups in total. The minimum atomic E-state index is -1.03. The third kappa shape index (κ3) is 1.49. The first-order valence-corrected chi connectivity index (χ1v) is 4.83. The SMILES string of the molecule is O=C(O)c1cc2c(Cl)cc(Br)nc2[nH]1. The molecule has 0 spiro atoms. The van der Waals surface area contributed by atoms with E-state index in [0.29, 0.717) is 20.7 Å². The average Bonchev–Trinajstić information content (AvgIpc) is 2.47. The molecule has 6 heteroatoms. The van der Waals surface area contributed by atoms with Crippen LogP contribution in [0.5, 0.6) is 0 Å². The van der Waals surface area contributed by atoms with E-state index in [-0.39, 0.29) is 5.69 Å². The van der Waals surface area contributed by atoms with Crippen molar-refractivity contribution in [2.75, 3.05) is 0 Å². The van der Waals surface area contributed by atoms with Crippen molar-refractivity contribution in [3.05, 3.63) is 27.5 Å². The molecule has 0 aliphatic carbocycles. The molecule has 0 radical (unpaired) electrons. The molecule has 0 aliphatic heterocycles. The number of nitrogens with zero attached hydrogens (tertiary/aromatic N) is 1. The Hall–Kier alpha value is -1.07. The summed E-state index contributed by atoms with van der Waals surface area (Å²) < 4.78 is 0.564. The number of hydrogen-bond donors (Lipinski definition) is 2. The Morgan fingerprint density at radius 3 is 2.93 bits per heavy atom. The van der Waals surface area contributed by atoms with Crippen molar-refractivity contribution < 1.29 is 9.90 Å². The van der Waals surface area contributed by atoms with E-state index in [4.69, 9.17) is 16.7 Å². The van der Waals surface area contributed by atoms with E-state index in [9.17, 15) is 4.79 Å². The summed E-state index contributed by atoms with van der Waals surface area (Å²) in [5.41, 5.74) is 0.536. The lowest BCUT2D eigenvalue weighted by atomic mass is 10.3. The number of pyridine rings is 1. The molecule has 0 atom stereocenters. The number of carboxylic acid groups (broad SMARTS) is 1. The number of carbonyl (C=O) groups is 1. The van der Waals surface area contributed by atoms with Crippen LogP contribution >= 0.6 is 27.5 Å². The Kier molecular flexibility index (Phi) is 2.20. The molecule has 0 saturated carbocycles. The number of hydrogen-bond acceptors (Lipinski definition) is 2. The van der Waals surface area contributed by atoms with Gasteiger partial charge in [0.15, 0.2) is 0 Å². The Labute approximate surface area is 92.0 Å². The number of halogens is 2. The normalized spacial score (nSPS) is 10.7. The van der Waals surface area contributed by atoms with Crippen molar-refractivity contribution in [2.45, 2.75) is 0 Å². The fourth-order valence-electron chi connectivity index (χ4n) is 1.15. The lowest BCUT2D eigenvalue weighted by molar-refractivity contribution is 0.0691. The molecule has 2 rings (SSSR count). The van der Waals surface area contributed by atoms with Gasteiger partial charge in [-0.15, -0.1) is 0 Å². The van der Waals surface area contributed by atoms with Gasteiger partial charge in [0.05, 0.1) is 5.02 Å². The van der Waals surface area contributed by atoms with Crippen molar-refractivity contribution in [2.24, 2.45) is 0 Å². The quantitative estimate of drug-likeness (QED) is 0.786. The molecule has 4 nitrogen and oxygen atoms in total. The average molecular weight is 275 g/mol. The molecule has 0 aromatic carbocycles. The summed E-state index contributed by atoms with van der Waals surface area (Å²) in [6, 6.07) is 3.07. The number of nitrogens with one attached hydrogen (secondary N) is 1. The highest BCUT2D eigenvalue weighted by atomic mass is 79.9. The largest absolute Gasteiger partial charge is 0.477 e. The molecule has 2 aromatic rings. The van der Waals surface area contributed by atoms with Gasteiger partial charge in [-0.25, -0.2) is 9.78 Å². The predicted octanol–water partition coefficient (Wildman–Crippen LogP) is 2.68. The van der Waals surface area contributed by atoms with E-state index in [1.54, 1.807) is 6.07 Å². The van der Waals surface area contributed by atoms with Gasteiger partial charge in [-0.1, -0.05) is 11.6 Å². The number of rotatable bonds is 1. The van der Waals surface area contributed by atoms with Gasteiger partial charge in [0, 0.05) is 5.39 Å². The van der Waals surface area contributed by atoms with E-state index < -0.39 is 5.97 Å². The summed E-state index contributed by atoms with van der Waals surface area (Å²) in [6.45, 7) is 0. The number of fused-ring (bicyclic) bond motifs is 1. The van der Waals surface area contributed by atoms with Crippen LogP contribution in [0.15, 0.2) is 16.7 Å². The molecule has 2 heterocycles. The molecule has 72 valence electrons. The fourth-order valence-corrected chi connectivity index (χ4v) is 1.94. The Balaban J connectivity index is 2.76. The second-order valence-electron chi connectivity index (χ2n) is 2.68. The van der Waals surface area contributed by atoms with Crippen molar-refractivity contribution in [1.82, 2.24) is 9.97 Å². The zero-order valence-corrected chi connectivity index (χ0v) is 9.06. The predicted molar refractivity (Wildman–Crippen MR) is 55.8 cm³/mol. The zero-order chi connectivity index (χ0) is 10.3. The Bertz CT molecular complexity index is 523. The Morgan fingerprint density at radius 1 is 1.57 bits per heavy atom. The summed E-state index contributed by atoms with van der Waals surface area (Å²) >= 11 is 9.06. The number of aromatic amines is 1. The van der Waals surface area contributed by atoms with Crippen LogP contribution < -0.4 is 0 Å². The van der Waals surface area contributed by atoms with Crippen LogP contribution in [0.25, 0.3) is 11.0 Å². The van der Waals surface area contributed by atoms with Crippen LogP contribution in [-0.4, -0.2) is 21.0 Å². The van der Waals surface area contributed by atoms with E-state index in [1.807, 2.05) is 0 Å². The van der Waals surface area contributed by atoms with Gasteiger partial charge in [-0.05, 0) is 28.1 Å². The van der Waals surface area contributed by atoms with Gasteiger partial charge < -0.3 is 10.1 Å². The van der Waals surface area contributed by atoms with Crippen LogP contribution in [0, 0.1) is 0 Å². The van der Waals surface area contributed by atoms with Gasteiger partial charge in [-0.2, -0.15) is 0 Å². The highest BCUT2D eigenvalue weighted by Crippen LogP contribution is 2.25. The first-order valence-electron chi connectivity index (χ1n) is 3.66. The molecule has 0 fully saturated rings. The Morgan fingerprint density at radius 2 is 2.29 bits per heavy atom. The summed E-state index contributed by atoms with van der Waals surface area (Å²) in [5, 5.41) is 9.80. The lowest BCUT2D eigenvalue weighted by Crippen LogP contribution is -1.94. The lowest BCUT2D eigenvalue weighted by Gasteiger charge is -1.93. The molecule has 2 aromatic heterocycles. The van der Waals surface area contributed by atoms with Crippen LogP contribution in [0.3, 0.4) is 0 Å². The standard InChI is InChI=1S/C8H4BrClN2O2/c9-6-2-4(10)3-1-5(8(13)14)11-7(3)12-6/h1-2H,(H,11,12)(H,13,14). The number of aromatic carboxylic acids is 1. The third-order valence-electron chi connectivity index (χ3n) is 1.75. The number of carboxylic acids is 1. The molecule has 0 aliphatic rings. The molecular weight excluding hydrogens is 271 g/mol. The second kappa shape index (κ2) is 3.25. The highest BCUT2D eigenvalue weighted by Gasteiger charge is 2.11. The minimum absolute atomic E-state index is 0.0764. The topological polar surface area (TPSA) is 66.0 Å². The molecular formula is C8H4BrClN2O2. The molecule has 0 unspecified atom stereocenters. The van der Waals surface area contributed by atoms with Gasteiger partial charge in [-0.3, -0.25) is 0 Å².